The van der Waals surface area contributed by atoms with Crippen molar-refractivity contribution >= 4 is 29.7 Å². The molecule has 45 heavy (non-hydrogen) atoms. The van der Waals surface area contributed by atoms with E-state index in [0.29, 0.717) is 11.3 Å². The molecule has 0 aliphatic carbocycles. The molecule has 2 amide bonds. The first-order valence-electron chi connectivity index (χ1n) is 13.1. The zero-order chi connectivity index (χ0) is 32.6. The first-order chi connectivity index (χ1) is 21.5. The topological polar surface area (TPSA) is 125 Å². The van der Waals surface area contributed by atoms with E-state index in [-0.39, 0.29) is 39.6 Å². The fourth-order valence-corrected chi connectivity index (χ4v) is 4.04. The fourth-order valence-electron chi connectivity index (χ4n) is 4.04. The maximum absolute atomic E-state index is 13.0. The van der Waals surface area contributed by atoms with Crippen LogP contribution in [0.25, 0.3) is 0 Å². The molecule has 0 aromatic heterocycles. The van der Waals surface area contributed by atoms with Gasteiger partial charge in [-0.1, -0.05) is 24.3 Å². The number of methoxy groups -OCH3 is 3. The van der Waals surface area contributed by atoms with Gasteiger partial charge in [0.05, 0.1) is 38.7 Å². The van der Waals surface area contributed by atoms with Crippen LogP contribution in [-0.2, 0) is 6.18 Å². The summed E-state index contributed by atoms with van der Waals surface area (Å²) in [4.78, 5) is 38.2. The van der Waals surface area contributed by atoms with Crippen LogP contribution in [0.15, 0.2) is 90.0 Å². The summed E-state index contributed by atoms with van der Waals surface area (Å²) in [6.07, 6.45) is -3.33. The zero-order valence-electron chi connectivity index (χ0n) is 24.1. The van der Waals surface area contributed by atoms with E-state index in [1.54, 1.807) is 18.2 Å². The number of hydrazone groups is 1. The maximum Gasteiger partial charge on any atom is 0.416 e. The molecular weight excluding hydrogens is 595 g/mol. The Morgan fingerprint density at radius 1 is 0.711 bits per heavy atom. The first-order valence-corrected chi connectivity index (χ1v) is 13.1. The average molecular weight is 622 g/mol. The van der Waals surface area contributed by atoms with Crippen LogP contribution in [0, 0.1) is 0 Å². The summed E-state index contributed by atoms with van der Waals surface area (Å²) in [5.74, 6) is -1.16. The second-order valence-corrected chi connectivity index (χ2v) is 9.15. The number of para-hydroxylation sites is 1. The first kappa shape index (κ1) is 32.1. The summed E-state index contributed by atoms with van der Waals surface area (Å²) in [5.41, 5.74) is 1.96. The molecule has 0 bridgehead atoms. The molecule has 0 saturated heterocycles. The van der Waals surface area contributed by atoms with Crippen LogP contribution in [0.1, 0.15) is 42.2 Å². The number of alkyl halides is 3. The van der Waals surface area contributed by atoms with Gasteiger partial charge in [0, 0.05) is 22.4 Å². The summed E-state index contributed by atoms with van der Waals surface area (Å²) in [5, 5.41) is 6.42. The summed E-state index contributed by atoms with van der Waals surface area (Å²) in [7, 11) is 4.27. The molecule has 13 heteroatoms. The predicted octanol–water partition coefficient (Wildman–Crippen LogP) is 5.97. The van der Waals surface area contributed by atoms with Gasteiger partial charge in [0.2, 0.25) is 5.75 Å². The van der Waals surface area contributed by atoms with Crippen LogP contribution in [-0.4, -0.2) is 45.3 Å². The van der Waals surface area contributed by atoms with E-state index in [0.717, 1.165) is 18.2 Å². The lowest BCUT2D eigenvalue weighted by Gasteiger charge is -2.14. The third kappa shape index (κ3) is 7.96. The average Bonchev–Trinajstić information content (AvgIpc) is 3.04. The molecule has 0 aliphatic rings. The number of carbonyl (C=O) groups excluding carboxylic acids is 3. The van der Waals surface area contributed by atoms with E-state index in [9.17, 15) is 27.6 Å². The number of nitrogens with one attached hydrogen (secondary N) is 2. The lowest BCUT2D eigenvalue weighted by atomic mass is 10.1. The lowest BCUT2D eigenvalue weighted by Crippen LogP contribution is -2.19. The number of benzene rings is 4. The summed E-state index contributed by atoms with van der Waals surface area (Å²) >= 11 is 0. The van der Waals surface area contributed by atoms with Gasteiger partial charge >= 0.3 is 12.1 Å². The number of anilines is 1. The molecule has 0 atom stereocenters. The van der Waals surface area contributed by atoms with Gasteiger partial charge in [-0.2, -0.15) is 18.3 Å². The normalized spacial score (nSPS) is 11.1. The van der Waals surface area contributed by atoms with Crippen molar-refractivity contribution in [1.82, 2.24) is 5.43 Å². The number of amides is 2. The SMILES string of the molecule is COc1cc(C(=O)Oc2ccccc2C=NNC(=O)c2cccc(NC(=O)c3cccc(C(F)(F)F)c3)c2)cc(OC)c1OC. The van der Waals surface area contributed by atoms with Gasteiger partial charge in [0.15, 0.2) is 11.5 Å². The van der Waals surface area contributed by atoms with E-state index in [1.807, 2.05) is 0 Å². The Morgan fingerprint density at radius 3 is 2.00 bits per heavy atom. The third-order valence-electron chi connectivity index (χ3n) is 6.23. The molecule has 10 nitrogen and oxygen atoms in total. The van der Waals surface area contributed by atoms with Crippen LogP contribution in [0.4, 0.5) is 18.9 Å². The minimum atomic E-state index is -4.60. The smallest absolute Gasteiger partial charge is 0.416 e. The van der Waals surface area contributed by atoms with Crippen molar-refractivity contribution < 1.29 is 46.5 Å². The quantitative estimate of drug-likeness (QED) is 0.0968. The largest absolute Gasteiger partial charge is 0.493 e. The van der Waals surface area contributed by atoms with Crippen molar-refractivity contribution in [2.24, 2.45) is 5.10 Å². The number of hydrogen-bond acceptors (Lipinski definition) is 8. The van der Waals surface area contributed by atoms with Crippen LogP contribution < -0.4 is 29.7 Å². The highest BCUT2D eigenvalue weighted by atomic mass is 19.4. The van der Waals surface area contributed by atoms with Crippen molar-refractivity contribution in [2.45, 2.75) is 6.18 Å². The number of hydrogen-bond donors (Lipinski definition) is 2. The van der Waals surface area contributed by atoms with Crippen molar-refractivity contribution in [3.05, 3.63) is 113 Å². The molecule has 232 valence electrons. The van der Waals surface area contributed by atoms with Gasteiger partial charge in [-0.3, -0.25) is 9.59 Å². The Labute approximate surface area is 255 Å². The summed E-state index contributed by atoms with van der Waals surface area (Å²) < 4.78 is 60.4. The van der Waals surface area contributed by atoms with Crippen molar-refractivity contribution in [3.63, 3.8) is 0 Å². The van der Waals surface area contributed by atoms with Crippen molar-refractivity contribution in [2.75, 3.05) is 26.6 Å². The molecule has 4 rings (SSSR count). The minimum absolute atomic E-state index is 0.108. The van der Waals surface area contributed by atoms with Crippen LogP contribution in [0.5, 0.6) is 23.0 Å². The van der Waals surface area contributed by atoms with Gasteiger partial charge in [-0.15, -0.1) is 0 Å². The van der Waals surface area contributed by atoms with Crippen molar-refractivity contribution in [3.8, 4) is 23.0 Å². The highest BCUT2D eigenvalue weighted by Gasteiger charge is 2.31. The third-order valence-corrected chi connectivity index (χ3v) is 6.23. The Bertz CT molecular complexity index is 1730. The molecule has 0 spiro atoms. The number of ether oxygens (including phenoxy) is 4. The fraction of sp³-hybridized carbons (Fsp3) is 0.125. The number of carbonyl (C=O) groups is 3. The molecule has 0 radical (unpaired) electrons. The number of esters is 1. The molecule has 0 heterocycles. The summed E-state index contributed by atoms with van der Waals surface area (Å²) in [6, 6.07) is 19.1. The molecule has 4 aromatic carbocycles. The Hall–Kier alpha value is -5.85. The minimum Gasteiger partial charge on any atom is -0.493 e. The Kier molecular flexibility index (Phi) is 10.0. The van der Waals surface area contributed by atoms with Crippen LogP contribution >= 0.6 is 0 Å². The number of halogens is 3. The van der Waals surface area contributed by atoms with Gasteiger partial charge in [0.25, 0.3) is 11.8 Å². The standard InChI is InChI=1S/C32H26F3N3O7/c1-42-26-16-22(17-27(43-2)28(26)44-3)31(41)45-25-13-5-4-8-21(25)18-36-38-30(40)20-10-7-12-24(15-20)37-29(39)19-9-6-11-23(14-19)32(33,34)35/h4-18H,1-3H3,(H,37,39)(H,38,40). The van der Waals surface area contributed by atoms with Gasteiger partial charge in [-0.05, 0) is 60.7 Å². The Balaban J connectivity index is 1.43. The van der Waals surface area contributed by atoms with Gasteiger partial charge in [0.1, 0.15) is 5.75 Å². The zero-order valence-corrected chi connectivity index (χ0v) is 24.1. The lowest BCUT2D eigenvalue weighted by molar-refractivity contribution is -0.137. The van der Waals surface area contributed by atoms with E-state index >= 15 is 0 Å². The van der Waals surface area contributed by atoms with E-state index < -0.39 is 29.5 Å². The predicted molar refractivity (Wildman–Crippen MR) is 158 cm³/mol. The second kappa shape index (κ2) is 14.1. The molecule has 2 N–H and O–H groups in total. The maximum atomic E-state index is 13.0. The van der Waals surface area contributed by atoms with E-state index in [2.05, 4.69) is 15.8 Å². The Morgan fingerprint density at radius 2 is 1.36 bits per heavy atom. The molecule has 0 saturated carbocycles. The monoisotopic (exact) mass is 621 g/mol. The van der Waals surface area contributed by atoms with E-state index in [4.69, 9.17) is 18.9 Å². The highest BCUT2D eigenvalue weighted by molar-refractivity contribution is 6.05. The molecular formula is C32H26F3N3O7. The molecule has 0 fully saturated rings. The number of rotatable bonds is 10. The van der Waals surface area contributed by atoms with Crippen LogP contribution in [0.3, 0.4) is 0 Å². The highest BCUT2D eigenvalue weighted by Crippen LogP contribution is 2.38. The van der Waals surface area contributed by atoms with Crippen molar-refractivity contribution in [1.29, 1.82) is 0 Å². The summed E-state index contributed by atoms with van der Waals surface area (Å²) in [6.45, 7) is 0. The van der Waals surface area contributed by atoms with Gasteiger partial charge < -0.3 is 24.3 Å². The second-order valence-electron chi connectivity index (χ2n) is 9.15. The molecule has 0 aliphatic heterocycles. The number of nitrogens with zero attached hydrogens (tertiary/aromatic N) is 1. The molecule has 0 unspecified atom stereocenters. The molecule has 4 aromatic rings. The van der Waals surface area contributed by atoms with Gasteiger partial charge in [-0.25, -0.2) is 10.2 Å². The van der Waals surface area contributed by atoms with Crippen LogP contribution in [0.2, 0.25) is 0 Å². The van der Waals surface area contributed by atoms with E-state index in [1.165, 1.54) is 76.1 Å².